The number of benzene rings is 2. The van der Waals surface area contributed by atoms with Gasteiger partial charge in [0.1, 0.15) is 12.4 Å². The number of nitrogens with zero attached hydrogens (tertiary/aromatic N) is 3. The number of halogens is 5. The van der Waals surface area contributed by atoms with Gasteiger partial charge < -0.3 is 20.1 Å². The summed E-state index contributed by atoms with van der Waals surface area (Å²) in [5.41, 5.74) is 6.47. The summed E-state index contributed by atoms with van der Waals surface area (Å²) < 4.78 is 64.6. The van der Waals surface area contributed by atoms with Crippen LogP contribution in [0.3, 0.4) is 0 Å². The van der Waals surface area contributed by atoms with Crippen molar-refractivity contribution in [3.63, 3.8) is 0 Å². The molecule has 0 atom stereocenters. The van der Waals surface area contributed by atoms with E-state index in [1.165, 1.54) is 13.2 Å². The number of aromatic nitrogens is 2. The SMILES string of the molecule is COc1cc(CN(CCN)c2nc3ncc(C(F)(F)F)cc3s2)ccc1OCc1ccccc1F.Cl. The minimum atomic E-state index is -4.48. The largest absolute Gasteiger partial charge is 0.493 e. The van der Waals surface area contributed by atoms with Crippen molar-refractivity contribution >= 4 is 39.2 Å². The van der Waals surface area contributed by atoms with E-state index in [0.717, 1.165) is 29.2 Å². The Morgan fingerprint density at radius 1 is 1.08 bits per heavy atom. The van der Waals surface area contributed by atoms with Gasteiger partial charge in [0.2, 0.25) is 0 Å². The fourth-order valence-corrected chi connectivity index (χ4v) is 4.41. The van der Waals surface area contributed by atoms with Crippen LogP contribution in [0.15, 0.2) is 54.7 Å². The second-order valence-electron chi connectivity index (χ2n) is 7.62. The highest BCUT2D eigenvalue weighted by molar-refractivity contribution is 7.22. The van der Waals surface area contributed by atoms with Crippen LogP contribution in [0.2, 0.25) is 0 Å². The third-order valence-electron chi connectivity index (χ3n) is 5.18. The van der Waals surface area contributed by atoms with E-state index in [0.29, 0.717) is 46.5 Å². The first kappa shape index (κ1) is 27.4. The number of thiazole rings is 1. The second-order valence-corrected chi connectivity index (χ2v) is 8.62. The molecule has 6 nitrogen and oxygen atoms in total. The highest BCUT2D eigenvalue weighted by atomic mass is 35.5. The van der Waals surface area contributed by atoms with Crippen LogP contribution in [0.1, 0.15) is 16.7 Å². The third kappa shape index (κ3) is 6.34. The van der Waals surface area contributed by atoms with E-state index in [1.807, 2.05) is 11.0 Å². The van der Waals surface area contributed by atoms with Gasteiger partial charge in [0.25, 0.3) is 0 Å². The van der Waals surface area contributed by atoms with E-state index in [4.69, 9.17) is 15.2 Å². The molecule has 0 unspecified atom stereocenters. The van der Waals surface area contributed by atoms with Crippen LogP contribution in [-0.4, -0.2) is 30.2 Å². The lowest BCUT2D eigenvalue weighted by atomic mass is 10.2. The second kappa shape index (κ2) is 11.7. The quantitative estimate of drug-likeness (QED) is 0.269. The van der Waals surface area contributed by atoms with E-state index in [2.05, 4.69) is 9.97 Å². The topological polar surface area (TPSA) is 73.5 Å². The molecule has 12 heteroatoms. The lowest BCUT2D eigenvalue weighted by Gasteiger charge is -2.21. The van der Waals surface area contributed by atoms with Gasteiger partial charge in [0.15, 0.2) is 22.3 Å². The molecule has 0 bridgehead atoms. The van der Waals surface area contributed by atoms with Crippen molar-refractivity contribution in [3.8, 4) is 11.5 Å². The summed E-state index contributed by atoms with van der Waals surface area (Å²) in [5, 5.41) is 0.510. The van der Waals surface area contributed by atoms with E-state index < -0.39 is 11.7 Å². The predicted octanol–water partition coefficient (Wildman–Crippen LogP) is 5.82. The zero-order chi connectivity index (χ0) is 25.0. The standard InChI is InChI=1S/C24H22F4N4O2S.ClH/c1-33-20-10-15(6-7-19(20)34-14-16-4-2-3-5-18(16)25)13-32(9-8-29)23-31-22-21(35-23)11-17(12-30-22)24(26,27)28;/h2-7,10-12H,8-9,13-14,29H2,1H3;1H. The summed E-state index contributed by atoms with van der Waals surface area (Å²) in [6.07, 6.45) is -3.70. The first-order valence-corrected chi connectivity index (χ1v) is 11.4. The van der Waals surface area contributed by atoms with Crippen LogP contribution in [0, 0.1) is 5.82 Å². The average molecular weight is 543 g/mol. The van der Waals surface area contributed by atoms with Crippen LogP contribution in [-0.2, 0) is 19.3 Å². The molecule has 0 radical (unpaired) electrons. The van der Waals surface area contributed by atoms with Gasteiger partial charge in [-0.3, -0.25) is 0 Å². The molecule has 0 amide bonds. The van der Waals surface area contributed by atoms with Crippen LogP contribution in [0.25, 0.3) is 10.3 Å². The van der Waals surface area contributed by atoms with Crippen molar-refractivity contribution < 1.29 is 27.0 Å². The number of hydrogen-bond acceptors (Lipinski definition) is 7. The van der Waals surface area contributed by atoms with Crippen molar-refractivity contribution in [2.45, 2.75) is 19.3 Å². The first-order chi connectivity index (χ1) is 16.8. The molecule has 192 valence electrons. The molecule has 0 saturated heterocycles. The Labute approximate surface area is 215 Å². The van der Waals surface area contributed by atoms with Crippen LogP contribution in [0.5, 0.6) is 11.5 Å². The van der Waals surface area contributed by atoms with Gasteiger partial charge in [0.05, 0.1) is 17.4 Å². The summed E-state index contributed by atoms with van der Waals surface area (Å²) in [5.74, 6) is 0.564. The van der Waals surface area contributed by atoms with Crippen molar-refractivity contribution in [3.05, 3.63) is 77.2 Å². The predicted molar refractivity (Wildman–Crippen MR) is 133 cm³/mol. The molecule has 0 aliphatic heterocycles. The van der Waals surface area contributed by atoms with E-state index in [9.17, 15) is 17.6 Å². The Balaban J connectivity index is 0.00000361. The van der Waals surface area contributed by atoms with Crippen molar-refractivity contribution in [2.75, 3.05) is 25.1 Å². The number of anilines is 1. The molecule has 36 heavy (non-hydrogen) atoms. The summed E-state index contributed by atoms with van der Waals surface area (Å²) in [4.78, 5) is 10.1. The number of hydrogen-bond donors (Lipinski definition) is 1. The smallest absolute Gasteiger partial charge is 0.417 e. The molecule has 0 aliphatic rings. The number of nitrogens with two attached hydrogens (primary N) is 1. The van der Waals surface area contributed by atoms with Gasteiger partial charge in [-0.15, -0.1) is 12.4 Å². The van der Waals surface area contributed by atoms with Gasteiger partial charge >= 0.3 is 6.18 Å². The van der Waals surface area contributed by atoms with Crippen LogP contribution < -0.4 is 20.1 Å². The Morgan fingerprint density at radius 2 is 1.86 bits per heavy atom. The molecule has 0 spiro atoms. The van der Waals surface area contributed by atoms with Gasteiger partial charge in [-0.1, -0.05) is 35.6 Å². The minimum Gasteiger partial charge on any atom is -0.493 e. The molecule has 2 N–H and O–H groups in total. The van der Waals surface area contributed by atoms with Crippen LogP contribution >= 0.6 is 23.7 Å². The number of fused-ring (bicyclic) bond motifs is 1. The lowest BCUT2D eigenvalue weighted by molar-refractivity contribution is -0.137. The lowest BCUT2D eigenvalue weighted by Crippen LogP contribution is -2.28. The summed E-state index contributed by atoms with van der Waals surface area (Å²) in [6.45, 7) is 1.17. The zero-order valence-corrected chi connectivity index (χ0v) is 20.7. The molecule has 0 fully saturated rings. The van der Waals surface area contributed by atoms with Crippen LogP contribution in [0.4, 0.5) is 22.7 Å². The number of methoxy groups -OCH3 is 1. The highest BCUT2D eigenvalue weighted by Gasteiger charge is 2.31. The fourth-order valence-electron chi connectivity index (χ4n) is 3.42. The molecule has 4 rings (SSSR count). The Morgan fingerprint density at radius 3 is 2.56 bits per heavy atom. The van der Waals surface area contributed by atoms with Gasteiger partial charge in [-0.25, -0.2) is 9.37 Å². The summed E-state index contributed by atoms with van der Waals surface area (Å²) in [6, 6.07) is 12.7. The van der Waals surface area contributed by atoms with E-state index in [1.54, 1.807) is 30.3 Å². The van der Waals surface area contributed by atoms with Gasteiger partial charge in [0, 0.05) is 31.4 Å². The number of ether oxygens (including phenoxy) is 2. The summed E-state index contributed by atoms with van der Waals surface area (Å²) >= 11 is 1.12. The van der Waals surface area contributed by atoms with Gasteiger partial charge in [-0.2, -0.15) is 18.2 Å². The normalized spacial score (nSPS) is 11.3. The molecule has 2 aromatic heterocycles. The molecule has 2 aromatic carbocycles. The Kier molecular flexibility index (Phi) is 8.93. The zero-order valence-electron chi connectivity index (χ0n) is 19.1. The fraction of sp³-hybridized carbons (Fsp3) is 0.250. The molecular weight excluding hydrogens is 520 g/mol. The highest BCUT2D eigenvalue weighted by Crippen LogP contribution is 2.35. The Hall–Kier alpha value is -3.15. The molecule has 2 heterocycles. The molecule has 0 saturated carbocycles. The maximum Gasteiger partial charge on any atom is 0.417 e. The van der Waals surface area contributed by atoms with Crippen molar-refractivity contribution in [1.29, 1.82) is 0 Å². The third-order valence-corrected chi connectivity index (χ3v) is 6.23. The van der Waals surface area contributed by atoms with E-state index in [-0.39, 0.29) is 30.5 Å². The summed E-state index contributed by atoms with van der Waals surface area (Å²) in [7, 11) is 1.50. The average Bonchev–Trinajstić information content (AvgIpc) is 3.26. The van der Waals surface area contributed by atoms with Gasteiger partial charge in [-0.05, 0) is 29.8 Å². The molecular formula is C24H23ClF4N4O2S. The Bertz CT molecular complexity index is 1320. The first-order valence-electron chi connectivity index (χ1n) is 10.6. The number of alkyl halides is 3. The van der Waals surface area contributed by atoms with Crippen molar-refractivity contribution in [1.82, 2.24) is 9.97 Å². The molecule has 4 aromatic rings. The maximum absolute atomic E-state index is 13.9. The minimum absolute atomic E-state index is 0. The number of pyridine rings is 1. The van der Waals surface area contributed by atoms with Crippen molar-refractivity contribution in [2.24, 2.45) is 5.73 Å². The number of rotatable bonds is 9. The maximum atomic E-state index is 13.9. The van der Waals surface area contributed by atoms with E-state index >= 15 is 0 Å². The molecule has 0 aliphatic carbocycles. The monoisotopic (exact) mass is 542 g/mol.